The van der Waals surface area contributed by atoms with Crippen LogP contribution >= 0.6 is 0 Å². The average Bonchev–Trinajstić information content (AvgIpc) is 3.31. The normalized spacial score (nSPS) is 20.1. The van der Waals surface area contributed by atoms with Crippen molar-refractivity contribution in [2.45, 2.75) is 85.0 Å². The summed E-state index contributed by atoms with van der Waals surface area (Å²) < 4.78 is 0. The van der Waals surface area contributed by atoms with E-state index in [4.69, 9.17) is 0 Å². The Kier molecular flexibility index (Phi) is 5.85. The maximum atomic E-state index is 10.5. The van der Waals surface area contributed by atoms with Crippen LogP contribution in [0.1, 0.15) is 83.7 Å². The molecular formula is C31H38O2. The van der Waals surface area contributed by atoms with E-state index in [0.717, 1.165) is 28.7 Å². The molecule has 1 atom stereocenters. The predicted molar refractivity (Wildman–Crippen MR) is 138 cm³/mol. The van der Waals surface area contributed by atoms with Crippen LogP contribution in [-0.2, 0) is 23.7 Å². The molecule has 2 heteroatoms. The smallest absolute Gasteiger partial charge is 0.121 e. The number of benzene rings is 3. The fourth-order valence-electron chi connectivity index (χ4n) is 6.32. The Morgan fingerprint density at radius 1 is 0.727 bits per heavy atom. The molecule has 0 radical (unpaired) electrons. The number of rotatable bonds is 1. The average molecular weight is 443 g/mol. The first-order valence-corrected chi connectivity index (χ1v) is 12.2. The fourth-order valence-corrected chi connectivity index (χ4v) is 6.32. The van der Waals surface area contributed by atoms with Crippen molar-refractivity contribution in [3.63, 3.8) is 0 Å². The molecule has 2 aliphatic carbocycles. The summed E-state index contributed by atoms with van der Waals surface area (Å²) in [7, 11) is 0. The van der Waals surface area contributed by atoms with E-state index in [1.807, 2.05) is 27.7 Å². The van der Waals surface area contributed by atoms with Gasteiger partial charge in [0.15, 0.2) is 0 Å². The molecule has 2 aliphatic rings. The van der Waals surface area contributed by atoms with Gasteiger partial charge in [0.05, 0.1) is 0 Å². The molecule has 33 heavy (non-hydrogen) atoms. The van der Waals surface area contributed by atoms with Crippen molar-refractivity contribution in [1.29, 1.82) is 0 Å². The van der Waals surface area contributed by atoms with Crippen LogP contribution in [0.25, 0.3) is 0 Å². The number of phenolic OH excluding ortho intramolecular Hbond substituents is 2. The van der Waals surface area contributed by atoms with Crippen LogP contribution in [0.3, 0.4) is 0 Å². The second-order valence-electron chi connectivity index (χ2n) is 11.1. The lowest BCUT2D eigenvalue weighted by Crippen LogP contribution is -2.24. The molecule has 5 rings (SSSR count). The molecule has 2 nitrogen and oxygen atoms in total. The van der Waals surface area contributed by atoms with Crippen LogP contribution in [0, 0.1) is 27.7 Å². The van der Waals surface area contributed by atoms with Gasteiger partial charge in [-0.1, -0.05) is 63.2 Å². The van der Waals surface area contributed by atoms with Crippen molar-refractivity contribution >= 4 is 0 Å². The van der Waals surface area contributed by atoms with Gasteiger partial charge in [0.25, 0.3) is 0 Å². The van der Waals surface area contributed by atoms with Crippen molar-refractivity contribution in [2.24, 2.45) is 0 Å². The molecular weight excluding hydrogens is 404 g/mol. The van der Waals surface area contributed by atoms with Gasteiger partial charge < -0.3 is 10.2 Å². The number of hydrogen-bond acceptors (Lipinski definition) is 2. The molecule has 0 aromatic heterocycles. The molecule has 0 saturated heterocycles. The van der Waals surface area contributed by atoms with Gasteiger partial charge in [-0.05, 0) is 109 Å². The van der Waals surface area contributed by atoms with Crippen molar-refractivity contribution in [1.82, 2.24) is 0 Å². The monoisotopic (exact) mass is 442 g/mol. The molecule has 0 saturated carbocycles. The van der Waals surface area contributed by atoms with Gasteiger partial charge in [-0.2, -0.15) is 0 Å². The van der Waals surface area contributed by atoms with Crippen molar-refractivity contribution in [2.75, 3.05) is 0 Å². The van der Waals surface area contributed by atoms with E-state index in [0.29, 0.717) is 11.5 Å². The van der Waals surface area contributed by atoms with Crippen LogP contribution in [-0.4, -0.2) is 10.2 Å². The summed E-state index contributed by atoms with van der Waals surface area (Å²) in [6.07, 6.45) is 4.95. The highest BCUT2D eigenvalue weighted by atomic mass is 16.3. The van der Waals surface area contributed by atoms with E-state index in [9.17, 15) is 10.2 Å². The lowest BCUT2D eigenvalue weighted by atomic mass is 9.73. The Balaban J connectivity index is 0.000000238. The molecule has 0 spiro atoms. The third-order valence-corrected chi connectivity index (χ3v) is 7.95. The first-order chi connectivity index (χ1) is 15.5. The van der Waals surface area contributed by atoms with E-state index in [-0.39, 0.29) is 10.8 Å². The summed E-state index contributed by atoms with van der Waals surface area (Å²) in [6, 6.07) is 15.1. The van der Waals surface area contributed by atoms with Crippen LogP contribution in [0.2, 0.25) is 0 Å². The summed E-state index contributed by atoms with van der Waals surface area (Å²) in [5.41, 5.74) is 10.6. The largest absolute Gasteiger partial charge is 0.507 e. The van der Waals surface area contributed by atoms with E-state index in [1.165, 1.54) is 36.0 Å². The zero-order valence-corrected chi connectivity index (χ0v) is 21.3. The van der Waals surface area contributed by atoms with Gasteiger partial charge in [0, 0.05) is 5.41 Å². The van der Waals surface area contributed by atoms with E-state index >= 15 is 0 Å². The van der Waals surface area contributed by atoms with Gasteiger partial charge in [0.1, 0.15) is 11.5 Å². The Morgan fingerprint density at radius 2 is 1.24 bits per heavy atom. The molecule has 0 heterocycles. The summed E-state index contributed by atoms with van der Waals surface area (Å²) in [6.45, 7) is 14.8. The number of phenols is 2. The molecule has 0 aliphatic heterocycles. The minimum Gasteiger partial charge on any atom is -0.507 e. The summed E-state index contributed by atoms with van der Waals surface area (Å²) in [5.74, 6) is 0.785. The van der Waals surface area contributed by atoms with E-state index in [2.05, 4.69) is 63.2 Å². The Hall–Kier alpha value is -2.74. The Labute approximate surface area is 199 Å². The first-order valence-electron chi connectivity index (χ1n) is 12.2. The number of hydrogen-bond donors (Lipinski definition) is 2. The van der Waals surface area contributed by atoms with Crippen LogP contribution in [0.15, 0.2) is 42.5 Å². The van der Waals surface area contributed by atoms with Crippen molar-refractivity contribution in [3.05, 3.63) is 92.5 Å². The zero-order valence-electron chi connectivity index (χ0n) is 21.3. The maximum Gasteiger partial charge on any atom is 0.121 e. The van der Waals surface area contributed by atoms with Crippen molar-refractivity contribution in [3.8, 4) is 11.5 Å². The number of aromatic hydroxyl groups is 2. The van der Waals surface area contributed by atoms with Crippen molar-refractivity contribution < 1.29 is 10.2 Å². The van der Waals surface area contributed by atoms with Crippen LogP contribution < -0.4 is 0 Å². The molecule has 2 N–H and O–H groups in total. The first kappa shape index (κ1) is 23.4. The number of fused-ring (bicyclic) bond motifs is 2. The predicted octanol–water partition coefficient (Wildman–Crippen LogP) is 7.49. The quantitative estimate of drug-likeness (QED) is 0.410. The van der Waals surface area contributed by atoms with Gasteiger partial charge in [0.2, 0.25) is 0 Å². The zero-order chi connectivity index (χ0) is 24.1. The minimum absolute atomic E-state index is 0.0486. The second kappa shape index (κ2) is 8.24. The highest BCUT2D eigenvalue weighted by Gasteiger charge is 2.47. The molecule has 3 aromatic rings. The fraction of sp³-hybridized carbons (Fsp3) is 0.419. The van der Waals surface area contributed by atoms with Gasteiger partial charge in [-0.3, -0.25) is 0 Å². The van der Waals surface area contributed by atoms with Gasteiger partial charge in [-0.15, -0.1) is 0 Å². The summed E-state index contributed by atoms with van der Waals surface area (Å²) >= 11 is 0. The molecule has 3 aromatic carbocycles. The highest BCUT2D eigenvalue weighted by Crippen LogP contribution is 2.56. The maximum absolute atomic E-state index is 10.5. The van der Waals surface area contributed by atoms with Crippen LogP contribution in [0.4, 0.5) is 0 Å². The summed E-state index contributed by atoms with van der Waals surface area (Å²) in [5, 5.41) is 20.7. The third-order valence-electron chi connectivity index (χ3n) is 7.95. The molecule has 1 unspecified atom stereocenters. The highest BCUT2D eigenvalue weighted by molar-refractivity contribution is 5.61. The van der Waals surface area contributed by atoms with E-state index in [1.54, 1.807) is 11.1 Å². The topological polar surface area (TPSA) is 40.5 Å². The lowest BCUT2D eigenvalue weighted by molar-refractivity contribution is 0.421. The molecule has 174 valence electrons. The van der Waals surface area contributed by atoms with E-state index < -0.39 is 0 Å². The second-order valence-corrected chi connectivity index (χ2v) is 11.1. The lowest BCUT2D eigenvalue weighted by Gasteiger charge is -2.30. The third kappa shape index (κ3) is 3.94. The number of aryl methyl sites for hydroxylation is 5. The molecule has 0 fully saturated rings. The SMILES string of the molecule is Cc1cc(C2(C)CC(C)(C)c3cc(C)c(O)c(C)c32)cc(C)c1O.c1ccc2c(c1)CCC2. The minimum atomic E-state index is -0.169. The Morgan fingerprint density at radius 3 is 1.79 bits per heavy atom. The van der Waals surface area contributed by atoms with Gasteiger partial charge >= 0.3 is 0 Å². The standard InChI is InChI=1S/C22H28O2.C9H10/c1-12-8-16(9-13(2)19(12)23)22(7)11-21(5,6)17-10-14(3)20(24)15(4)18(17)22;1-2-5-9-7-3-6-8(9)4-1/h8-10,23-24H,11H2,1-7H3;1-2,4-5H,3,6-7H2. The van der Waals surface area contributed by atoms with Crippen LogP contribution in [0.5, 0.6) is 11.5 Å². The summed E-state index contributed by atoms with van der Waals surface area (Å²) in [4.78, 5) is 0. The molecule has 0 bridgehead atoms. The molecule has 0 amide bonds. The van der Waals surface area contributed by atoms with Gasteiger partial charge in [-0.25, -0.2) is 0 Å². The Bertz CT molecular complexity index is 1170.